The number of amides is 1. The molecule has 0 fully saturated rings. The van der Waals surface area contributed by atoms with Crippen LogP contribution in [-0.4, -0.2) is 28.2 Å². The highest BCUT2D eigenvalue weighted by molar-refractivity contribution is 6.03. The first-order chi connectivity index (χ1) is 13.1. The second-order valence-electron chi connectivity index (χ2n) is 6.22. The maximum atomic E-state index is 12.4. The van der Waals surface area contributed by atoms with Crippen molar-refractivity contribution in [1.82, 2.24) is 10.2 Å². The summed E-state index contributed by atoms with van der Waals surface area (Å²) in [7, 11) is 0. The van der Waals surface area contributed by atoms with E-state index in [1.165, 1.54) is 6.92 Å². The number of aromatic nitrogens is 2. The van der Waals surface area contributed by atoms with Crippen molar-refractivity contribution >= 4 is 39.2 Å². The number of carbonyl (C=O) groups is 2. The minimum Gasteiger partial charge on any atom is -0.448 e. The number of rotatable bonds is 4. The number of fused-ring (bicyclic) bond motifs is 2. The summed E-state index contributed by atoms with van der Waals surface area (Å²) < 4.78 is 5.29. The molecule has 0 radical (unpaired) electrons. The summed E-state index contributed by atoms with van der Waals surface area (Å²) in [4.78, 5) is 24.8. The molecule has 0 saturated carbocycles. The third-order valence-electron chi connectivity index (χ3n) is 4.33. The zero-order valence-corrected chi connectivity index (χ0v) is 14.6. The van der Waals surface area contributed by atoms with Crippen LogP contribution in [0.4, 0.5) is 5.69 Å². The van der Waals surface area contributed by atoms with Crippen LogP contribution < -0.4 is 5.32 Å². The second kappa shape index (κ2) is 6.92. The molecule has 2 N–H and O–H groups in total. The van der Waals surface area contributed by atoms with Crippen LogP contribution in [0.3, 0.4) is 0 Å². The van der Waals surface area contributed by atoms with Gasteiger partial charge in [0.15, 0.2) is 11.8 Å². The Kier molecular flexibility index (Phi) is 4.30. The Morgan fingerprint density at radius 3 is 2.59 bits per heavy atom. The second-order valence-corrected chi connectivity index (χ2v) is 6.22. The highest BCUT2D eigenvalue weighted by atomic mass is 16.5. The first-order valence-electron chi connectivity index (χ1n) is 8.55. The Labute approximate surface area is 155 Å². The lowest BCUT2D eigenvalue weighted by Gasteiger charge is -2.13. The van der Waals surface area contributed by atoms with Crippen molar-refractivity contribution in [3.05, 3.63) is 72.4 Å². The van der Waals surface area contributed by atoms with Crippen LogP contribution in [0.15, 0.2) is 66.7 Å². The van der Waals surface area contributed by atoms with E-state index in [2.05, 4.69) is 15.5 Å². The van der Waals surface area contributed by atoms with E-state index in [1.54, 1.807) is 6.07 Å². The van der Waals surface area contributed by atoms with E-state index < -0.39 is 18.0 Å². The van der Waals surface area contributed by atoms with Gasteiger partial charge < -0.3 is 10.1 Å². The summed E-state index contributed by atoms with van der Waals surface area (Å²) in [5.74, 6) is -1.05. The molecule has 0 bridgehead atoms. The fraction of sp³-hybridized carbons (Fsp3) is 0.0952. The molecular formula is C21H17N3O3. The van der Waals surface area contributed by atoms with Crippen LogP contribution in [0.25, 0.3) is 21.7 Å². The molecule has 0 aliphatic carbocycles. The number of anilines is 1. The van der Waals surface area contributed by atoms with Gasteiger partial charge >= 0.3 is 5.97 Å². The standard InChI is InChI=1S/C21H17N3O3/c1-13(27-21(26)19-17-8-4-5-9-18(17)23-24-19)20(25)22-16-11-10-14-6-2-3-7-15(14)12-16/h2-13H,1H3,(H,22,25)(H,23,24)/t13-/m0/s1. The van der Waals surface area contributed by atoms with E-state index >= 15 is 0 Å². The maximum Gasteiger partial charge on any atom is 0.360 e. The predicted molar refractivity (Wildman–Crippen MR) is 104 cm³/mol. The third kappa shape index (κ3) is 3.37. The molecule has 0 unspecified atom stereocenters. The molecule has 1 atom stereocenters. The van der Waals surface area contributed by atoms with Gasteiger partial charge in [-0.2, -0.15) is 5.10 Å². The molecule has 3 aromatic carbocycles. The number of esters is 1. The van der Waals surface area contributed by atoms with Crippen molar-refractivity contribution < 1.29 is 14.3 Å². The first-order valence-corrected chi connectivity index (χ1v) is 8.55. The Morgan fingerprint density at radius 1 is 1.00 bits per heavy atom. The predicted octanol–water partition coefficient (Wildman–Crippen LogP) is 3.90. The SMILES string of the molecule is C[C@H](OC(=O)c1n[nH]c2ccccc12)C(=O)Nc1ccc2ccccc2c1. The molecule has 0 spiro atoms. The summed E-state index contributed by atoms with van der Waals surface area (Å²) in [5, 5.41) is 12.3. The number of benzene rings is 3. The van der Waals surface area contributed by atoms with Gasteiger partial charge in [0.1, 0.15) is 0 Å². The Balaban J connectivity index is 1.46. The molecule has 6 heteroatoms. The summed E-state index contributed by atoms with van der Waals surface area (Å²) in [6, 6.07) is 20.7. The first kappa shape index (κ1) is 16.8. The van der Waals surface area contributed by atoms with Crippen molar-refractivity contribution in [2.75, 3.05) is 5.32 Å². The van der Waals surface area contributed by atoms with Crippen LogP contribution in [0.2, 0.25) is 0 Å². The number of hydrogen-bond donors (Lipinski definition) is 2. The average Bonchev–Trinajstić information content (AvgIpc) is 3.12. The molecule has 4 rings (SSSR count). The lowest BCUT2D eigenvalue weighted by atomic mass is 10.1. The van der Waals surface area contributed by atoms with Crippen molar-refractivity contribution in [3.8, 4) is 0 Å². The molecule has 134 valence electrons. The fourth-order valence-corrected chi connectivity index (χ4v) is 2.90. The maximum absolute atomic E-state index is 12.4. The topological polar surface area (TPSA) is 84.1 Å². The van der Waals surface area contributed by atoms with Crippen LogP contribution >= 0.6 is 0 Å². The highest BCUT2D eigenvalue weighted by Crippen LogP contribution is 2.20. The Morgan fingerprint density at radius 2 is 1.74 bits per heavy atom. The van der Waals surface area contributed by atoms with Gasteiger partial charge in [-0.3, -0.25) is 9.89 Å². The van der Waals surface area contributed by atoms with E-state index in [9.17, 15) is 9.59 Å². The summed E-state index contributed by atoms with van der Waals surface area (Å²) in [5.41, 5.74) is 1.54. The van der Waals surface area contributed by atoms with E-state index in [0.29, 0.717) is 11.1 Å². The van der Waals surface area contributed by atoms with E-state index in [1.807, 2.05) is 60.7 Å². The van der Waals surface area contributed by atoms with Gasteiger partial charge in [-0.1, -0.05) is 48.5 Å². The minimum atomic E-state index is -0.959. The average molecular weight is 359 g/mol. The highest BCUT2D eigenvalue weighted by Gasteiger charge is 2.22. The van der Waals surface area contributed by atoms with E-state index in [4.69, 9.17) is 4.74 Å². The van der Waals surface area contributed by atoms with Crippen molar-refractivity contribution in [1.29, 1.82) is 0 Å². The fourth-order valence-electron chi connectivity index (χ4n) is 2.90. The van der Waals surface area contributed by atoms with Crippen LogP contribution in [0.5, 0.6) is 0 Å². The number of carbonyl (C=O) groups excluding carboxylic acids is 2. The van der Waals surface area contributed by atoms with Crippen molar-refractivity contribution in [2.45, 2.75) is 13.0 Å². The van der Waals surface area contributed by atoms with Crippen molar-refractivity contribution in [3.63, 3.8) is 0 Å². The number of para-hydroxylation sites is 1. The number of hydrogen-bond acceptors (Lipinski definition) is 4. The van der Waals surface area contributed by atoms with Crippen LogP contribution in [0, 0.1) is 0 Å². The number of aromatic amines is 1. The quantitative estimate of drug-likeness (QED) is 0.541. The molecule has 0 saturated heterocycles. The van der Waals surface area contributed by atoms with E-state index in [-0.39, 0.29) is 5.69 Å². The smallest absolute Gasteiger partial charge is 0.360 e. The van der Waals surface area contributed by atoms with Gasteiger partial charge in [-0.25, -0.2) is 4.79 Å². The third-order valence-corrected chi connectivity index (χ3v) is 4.33. The largest absolute Gasteiger partial charge is 0.448 e. The zero-order chi connectivity index (χ0) is 18.8. The normalized spacial score (nSPS) is 12.0. The lowest BCUT2D eigenvalue weighted by Crippen LogP contribution is -2.30. The lowest BCUT2D eigenvalue weighted by molar-refractivity contribution is -0.123. The molecule has 1 heterocycles. The number of ether oxygens (including phenoxy) is 1. The molecule has 6 nitrogen and oxygen atoms in total. The number of nitrogens with zero attached hydrogens (tertiary/aromatic N) is 1. The number of nitrogens with one attached hydrogen (secondary N) is 2. The summed E-state index contributed by atoms with van der Waals surface area (Å²) >= 11 is 0. The van der Waals surface area contributed by atoms with Crippen LogP contribution in [-0.2, 0) is 9.53 Å². The minimum absolute atomic E-state index is 0.163. The summed E-state index contributed by atoms with van der Waals surface area (Å²) in [6.45, 7) is 1.53. The monoisotopic (exact) mass is 359 g/mol. The molecule has 4 aromatic rings. The molecule has 0 aliphatic rings. The van der Waals surface area contributed by atoms with Gasteiger partial charge in [0.05, 0.1) is 5.52 Å². The molecule has 1 aromatic heterocycles. The van der Waals surface area contributed by atoms with Gasteiger partial charge in [0, 0.05) is 11.1 Å². The Bertz CT molecular complexity index is 1150. The van der Waals surface area contributed by atoms with Gasteiger partial charge in [0.25, 0.3) is 5.91 Å². The van der Waals surface area contributed by atoms with Gasteiger partial charge in [-0.05, 0) is 35.9 Å². The van der Waals surface area contributed by atoms with Crippen LogP contribution in [0.1, 0.15) is 17.4 Å². The molecule has 27 heavy (non-hydrogen) atoms. The summed E-state index contributed by atoms with van der Waals surface area (Å²) in [6.07, 6.45) is -0.959. The van der Waals surface area contributed by atoms with Crippen molar-refractivity contribution in [2.24, 2.45) is 0 Å². The van der Waals surface area contributed by atoms with Gasteiger partial charge in [0.2, 0.25) is 0 Å². The molecule has 1 amide bonds. The Hall–Kier alpha value is -3.67. The molecular weight excluding hydrogens is 342 g/mol. The van der Waals surface area contributed by atoms with E-state index in [0.717, 1.165) is 16.3 Å². The zero-order valence-electron chi connectivity index (χ0n) is 14.6. The number of H-pyrrole nitrogens is 1. The molecule has 0 aliphatic heterocycles. The van der Waals surface area contributed by atoms with Gasteiger partial charge in [-0.15, -0.1) is 0 Å².